The summed E-state index contributed by atoms with van der Waals surface area (Å²) in [7, 11) is 0. The van der Waals surface area contributed by atoms with Crippen molar-refractivity contribution in [1.29, 1.82) is 0 Å². The second-order valence-electron chi connectivity index (χ2n) is 7.77. The van der Waals surface area contributed by atoms with Crippen LogP contribution in [0.15, 0.2) is 29.2 Å². The summed E-state index contributed by atoms with van der Waals surface area (Å²) in [6.45, 7) is 4.73. The predicted octanol–water partition coefficient (Wildman–Crippen LogP) is 3.48. The molecule has 1 aromatic carbocycles. The fourth-order valence-electron chi connectivity index (χ4n) is 4.15. The monoisotopic (exact) mass is 418 g/mol. The van der Waals surface area contributed by atoms with Crippen molar-refractivity contribution in [2.45, 2.75) is 63.0 Å². The highest BCUT2D eigenvalue weighted by Gasteiger charge is 2.38. The molecule has 0 N–H and O–H groups in total. The Hall–Kier alpha value is -2.02. The molecule has 2 amide bonds. The highest BCUT2D eigenvalue weighted by Crippen LogP contribution is 2.28. The molecule has 29 heavy (non-hydrogen) atoms. The molecule has 2 aliphatic rings. The van der Waals surface area contributed by atoms with Crippen molar-refractivity contribution in [3.8, 4) is 0 Å². The Labute approximate surface area is 176 Å². The smallest absolute Gasteiger partial charge is 0.312 e. The second-order valence-corrected chi connectivity index (χ2v) is 8.65. The van der Waals surface area contributed by atoms with E-state index in [1.165, 1.54) is 0 Å². The summed E-state index contributed by atoms with van der Waals surface area (Å²) in [5.41, 5.74) is 0.784. The van der Waals surface area contributed by atoms with Gasteiger partial charge in [0.05, 0.1) is 5.92 Å². The molecule has 158 valence electrons. The molecule has 3 atom stereocenters. The molecule has 0 spiro atoms. The van der Waals surface area contributed by atoms with Gasteiger partial charge in [0.2, 0.25) is 5.91 Å². The van der Waals surface area contributed by atoms with E-state index in [-0.39, 0.29) is 24.3 Å². The zero-order chi connectivity index (χ0) is 21.0. The van der Waals surface area contributed by atoms with Gasteiger partial charge in [-0.05, 0) is 63.1 Å². The quantitative estimate of drug-likeness (QED) is 0.523. The van der Waals surface area contributed by atoms with Crippen LogP contribution >= 0.6 is 11.8 Å². The molecule has 6 nitrogen and oxygen atoms in total. The fourth-order valence-corrected chi connectivity index (χ4v) is 4.55. The summed E-state index contributed by atoms with van der Waals surface area (Å²) in [5.74, 6) is -1.22. The molecule has 3 unspecified atom stereocenters. The van der Waals surface area contributed by atoms with Gasteiger partial charge in [0.1, 0.15) is 0 Å². The number of hydrogen-bond acceptors (Lipinski definition) is 5. The zero-order valence-corrected chi connectivity index (χ0v) is 18.2. The van der Waals surface area contributed by atoms with Gasteiger partial charge in [-0.2, -0.15) is 0 Å². The summed E-state index contributed by atoms with van der Waals surface area (Å²) in [6.07, 6.45) is 5.33. The van der Waals surface area contributed by atoms with Crippen LogP contribution in [0.3, 0.4) is 0 Å². The first-order valence-electron chi connectivity index (χ1n) is 10.4. The first-order chi connectivity index (χ1) is 13.9. The summed E-state index contributed by atoms with van der Waals surface area (Å²) < 4.78 is 5.50. The second kappa shape index (κ2) is 9.65. The lowest BCUT2D eigenvalue weighted by Crippen LogP contribution is -2.48. The Morgan fingerprint density at radius 2 is 1.97 bits per heavy atom. The average molecular weight is 419 g/mol. The van der Waals surface area contributed by atoms with E-state index >= 15 is 0 Å². The van der Waals surface area contributed by atoms with Gasteiger partial charge in [0.25, 0.3) is 5.91 Å². The number of nitrogens with zero attached hydrogens (tertiary/aromatic N) is 2. The van der Waals surface area contributed by atoms with E-state index in [9.17, 15) is 14.4 Å². The molecule has 0 aliphatic carbocycles. The number of carbonyl (C=O) groups is 3. The van der Waals surface area contributed by atoms with Gasteiger partial charge in [-0.15, -0.1) is 11.8 Å². The number of ether oxygens (including phenoxy) is 1. The van der Waals surface area contributed by atoms with E-state index in [2.05, 4.69) is 6.92 Å². The Morgan fingerprint density at radius 1 is 1.24 bits per heavy atom. The summed E-state index contributed by atoms with van der Waals surface area (Å²) in [4.78, 5) is 42.5. The van der Waals surface area contributed by atoms with E-state index in [4.69, 9.17) is 4.74 Å². The lowest BCUT2D eigenvalue weighted by molar-refractivity contribution is -0.163. The number of benzene rings is 1. The summed E-state index contributed by atoms with van der Waals surface area (Å²) in [5, 5.41) is 0. The van der Waals surface area contributed by atoms with Crippen LogP contribution in [0.5, 0.6) is 0 Å². The first kappa shape index (κ1) is 21.7. The SMILES string of the molecule is CCC1CCCCN1C(=O)C(C)OC(=O)C1CC(=O)N(c2ccc(SC)cc2)C1. The topological polar surface area (TPSA) is 66.9 Å². The normalized spacial score (nSPS) is 23.2. The molecule has 2 aliphatic heterocycles. The van der Waals surface area contributed by atoms with Gasteiger partial charge in [-0.1, -0.05) is 6.92 Å². The van der Waals surface area contributed by atoms with E-state index in [0.717, 1.165) is 42.8 Å². The van der Waals surface area contributed by atoms with E-state index < -0.39 is 18.0 Å². The molecule has 2 heterocycles. The van der Waals surface area contributed by atoms with Crippen molar-refractivity contribution < 1.29 is 19.1 Å². The van der Waals surface area contributed by atoms with Crippen molar-refractivity contribution in [3.05, 3.63) is 24.3 Å². The van der Waals surface area contributed by atoms with Crippen molar-refractivity contribution in [2.24, 2.45) is 5.92 Å². The molecule has 3 rings (SSSR count). The standard InChI is InChI=1S/C22H30N2O4S/c1-4-17-7-5-6-12-23(17)21(26)15(2)28-22(27)16-13-20(25)24(14-16)18-8-10-19(29-3)11-9-18/h8-11,15-17H,4-7,12-14H2,1-3H3. The van der Waals surface area contributed by atoms with E-state index in [1.807, 2.05) is 35.4 Å². The van der Waals surface area contributed by atoms with Crippen molar-refractivity contribution in [3.63, 3.8) is 0 Å². The van der Waals surface area contributed by atoms with Crippen LogP contribution in [0.25, 0.3) is 0 Å². The van der Waals surface area contributed by atoms with Crippen molar-refractivity contribution >= 4 is 35.2 Å². The maximum atomic E-state index is 12.8. The van der Waals surface area contributed by atoms with E-state index in [0.29, 0.717) is 6.54 Å². The van der Waals surface area contributed by atoms with Crippen LogP contribution in [-0.4, -0.2) is 54.2 Å². The van der Waals surface area contributed by atoms with Gasteiger partial charge < -0.3 is 14.5 Å². The number of esters is 1. The Kier molecular flexibility index (Phi) is 7.22. The molecular formula is C22H30N2O4S. The number of rotatable bonds is 6. The minimum atomic E-state index is -0.820. The molecule has 0 radical (unpaired) electrons. The van der Waals surface area contributed by atoms with Crippen LogP contribution in [0.4, 0.5) is 5.69 Å². The van der Waals surface area contributed by atoms with Gasteiger partial charge >= 0.3 is 5.97 Å². The van der Waals surface area contributed by atoms with Crippen molar-refractivity contribution in [1.82, 2.24) is 4.90 Å². The third kappa shape index (κ3) is 4.94. The largest absolute Gasteiger partial charge is 0.452 e. The number of piperidine rings is 1. The summed E-state index contributed by atoms with van der Waals surface area (Å²) >= 11 is 1.64. The third-order valence-electron chi connectivity index (χ3n) is 5.86. The van der Waals surface area contributed by atoms with Gasteiger partial charge in [0.15, 0.2) is 6.10 Å². The van der Waals surface area contributed by atoms with Crippen LogP contribution in [0.2, 0.25) is 0 Å². The number of carbonyl (C=O) groups excluding carboxylic acids is 3. The maximum absolute atomic E-state index is 12.8. The molecule has 2 fully saturated rings. The predicted molar refractivity (Wildman–Crippen MR) is 114 cm³/mol. The molecule has 0 bridgehead atoms. The highest BCUT2D eigenvalue weighted by atomic mass is 32.2. The highest BCUT2D eigenvalue weighted by molar-refractivity contribution is 7.98. The van der Waals surface area contributed by atoms with Crippen LogP contribution in [0, 0.1) is 5.92 Å². The molecule has 1 aromatic rings. The molecule has 0 aromatic heterocycles. The third-order valence-corrected chi connectivity index (χ3v) is 6.61. The first-order valence-corrected chi connectivity index (χ1v) is 11.6. The van der Waals surface area contributed by atoms with Crippen LogP contribution in [-0.2, 0) is 19.1 Å². The minimum Gasteiger partial charge on any atom is -0.452 e. The average Bonchev–Trinajstić information content (AvgIpc) is 3.14. The van der Waals surface area contributed by atoms with Crippen molar-refractivity contribution in [2.75, 3.05) is 24.2 Å². The lowest BCUT2D eigenvalue weighted by Gasteiger charge is -2.36. The zero-order valence-electron chi connectivity index (χ0n) is 17.4. The molecular weight excluding hydrogens is 388 g/mol. The van der Waals surface area contributed by atoms with Gasteiger partial charge in [-0.3, -0.25) is 14.4 Å². The number of hydrogen-bond donors (Lipinski definition) is 0. The van der Waals surface area contributed by atoms with Gasteiger partial charge in [0, 0.05) is 36.1 Å². The van der Waals surface area contributed by atoms with Gasteiger partial charge in [-0.25, -0.2) is 0 Å². The van der Waals surface area contributed by atoms with E-state index in [1.54, 1.807) is 23.6 Å². The number of likely N-dealkylation sites (tertiary alicyclic amines) is 1. The summed E-state index contributed by atoms with van der Waals surface area (Å²) in [6, 6.07) is 7.94. The number of amides is 2. The lowest BCUT2D eigenvalue weighted by atomic mass is 9.99. The van der Waals surface area contributed by atoms with Crippen LogP contribution < -0.4 is 4.90 Å². The Balaban J connectivity index is 1.58. The molecule has 0 saturated carbocycles. The molecule has 2 saturated heterocycles. The fraction of sp³-hybridized carbons (Fsp3) is 0.591. The maximum Gasteiger partial charge on any atom is 0.312 e. The molecule has 7 heteroatoms. The Bertz CT molecular complexity index is 752. The van der Waals surface area contributed by atoms with Crippen LogP contribution in [0.1, 0.15) is 46.0 Å². The Morgan fingerprint density at radius 3 is 2.62 bits per heavy atom. The number of anilines is 1. The number of thioether (sulfide) groups is 1. The minimum absolute atomic E-state index is 0.0927.